The predicted octanol–water partition coefficient (Wildman–Crippen LogP) is 0.951. The second-order valence-corrected chi connectivity index (χ2v) is 3.56. The summed E-state index contributed by atoms with van der Waals surface area (Å²) in [7, 11) is 3.01. The number of aromatic amines is 2. The van der Waals surface area contributed by atoms with E-state index in [2.05, 4.69) is 9.97 Å². The van der Waals surface area contributed by atoms with Gasteiger partial charge in [0.15, 0.2) is 11.5 Å². The van der Waals surface area contributed by atoms with Crippen molar-refractivity contribution in [1.82, 2.24) is 9.97 Å². The Kier molecular flexibility index (Phi) is 3.18. The molecular weight excluding hydrogens is 236 g/mol. The monoisotopic (exact) mass is 248 g/mol. The summed E-state index contributed by atoms with van der Waals surface area (Å²) in [6, 6.07) is 4.80. The lowest BCUT2D eigenvalue weighted by Gasteiger charge is -2.08. The van der Waals surface area contributed by atoms with E-state index >= 15 is 0 Å². The Morgan fingerprint density at radius 3 is 2.44 bits per heavy atom. The normalized spacial score (nSPS) is 10.1. The van der Waals surface area contributed by atoms with Crippen molar-refractivity contribution < 1.29 is 14.3 Å². The Morgan fingerprint density at radius 1 is 1.17 bits per heavy atom. The van der Waals surface area contributed by atoms with Crippen molar-refractivity contribution >= 4 is 5.78 Å². The van der Waals surface area contributed by atoms with Gasteiger partial charge in [-0.1, -0.05) is 0 Å². The Balaban J connectivity index is 2.39. The van der Waals surface area contributed by atoms with Crippen molar-refractivity contribution in [2.75, 3.05) is 14.2 Å². The third kappa shape index (κ3) is 2.13. The molecule has 1 aromatic carbocycles. The van der Waals surface area contributed by atoms with E-state index in [1.54, 1.807) is 18.2 Å². The molecule has 1 heterocycles. The molecule has 0 aliphatic rings. The number of methoxy groups -OCH3 is 2. The molecule has 0 aliphatic carbocycles. The first-order chi connectivity index (χ1) is 8.65. The number of benzene rings is 1. The molecule has 0 spiro atoms. The fourth-order valence-electron chi connectivity index (χ4n) is 1.59. The predicted molar refractivity (Wildman–Crippen MR) is 64.4 cm³/mol. The minimum Gasteiger partial charge on any atom is -0.493 e. The molecule has 0 atom stereocenters. The molecule has 0 bridgehead atoms. The third-order valence-electron chi connectivity index (χ3n) is 2.49. The van der Waals surface area contributed by atoms with Gasteiger partial charge < -0.3 is 19.4 Å². The summed E-state index contributed by atoms with van der Waals surface area (Å²) in [4.78, 5) is 27.8. The maximum atomic E-state index is 12.0. The third-order valence-corrected chi connectivity index (χ3v) is 2.49. The molecule has 6 heteroatoms. The quantitative estimate of drug-likeness (QED) is 0.789. The number of hydrogen-bond donors (Lipinski definition) is 2. The van der Waals surface area contributed by atoms with Crippen LogP contribution in [0.4, 0.5) is 0 Å². The Bertz CT molecular complexity index is 627. The standard InChI is InChI=1S/C12H12N2O4/c1-17-9-4-3-7(5-10(9)18-2)11(15)8-6-13-12(16)14-8/h3-6H,1-2H3,(H2,13,14,16). The van der Waals surface area contributed by atoms with Gasteiger partial charge in [-0.15, -0.1) is 0 Å². The minimum atomic E-state index is -0.418. The SMILES string of the molecule is COc1ccc(C(=O)c2c[nH]c(=O)[nH]2)cc1OC. The smallest absolute Gasteiger partial charge is 0.323 e. The maximum absolute atomic E-state index is 12.0. The van der Waals surface area contributed by atoms with E-state index in [0.29, 0.717) is 17.1 Å². The van der Waals surface area contributed by atoms with Gasteiger partial charge in [-0.25, -0.2) is 4.79 Å². The molecule has 6 nitrogen and oxygen atoms in total. The van der Waals surface area contributed by atoms with Crippen molar-refractivity contribution in [3.05, 3.63) is 46.1 Å². The van der Waals surface area contributed by atoms with Crippen LogP contribution in [0.3, 0.4) is 0 Å². The second kappa shape index (κ2) is 4.79. The van der Waals surface area contributed by atoms with Gasteiger partial charge in [-0.05, 0) is 18.2 Å². The summed E-state index contributed by atoms with van der Waals surface area (Å²) in [5.41, 5.74) is 0.189. The number of rotatable bonds is 4. The number of carbonyl (C=O) groups excluding carboxylic acids is 1. The highest BCUT2D eigenvalue weighted by molar-refractivity contribution is 6.07. The molecule has 0 aliphatic heterocycles. The Labute approximate surface area is 103 Å². The van der Waals surface area contributed by atoms with E-state index in [1.165, 1.54) is 20.4 Å². The maximum Gasteiger partial charge on any atom is 0.323 e. The first kappa shape index (κ1) is 12.0. The Hall–Kier alpha value is -2.50. The van der Waals surface area contributed by atoms with Crippen LogP contribution >= 0.6 is 0 Å². The molecule has 0 radical (unpaired) electrons. The number of hydrogen-bond acceptors (Lipinski definition) is 4. The zero-order valence-electron chi connectivity index (χ0n) is 9.94. The fraction of sp³-hybridized carbons (Fsp3) is 0.167. The molecule has 0 fully saturated rings. The van der Waals surface area contributed by atoms with Gasteiger partial charge in [0.2, 0.25) is 5.78 Å². The largest absolute Gasteiger partial charge is 0.493 e. The molecule has 0 unspecified atom stereocenters. The number of ether oxygens (including phenoxy) is 2. The minimum absolute atomic E-state index is 0.201. The summed E-state index contributed by atoms with van der Waals surface area (Å²) in [5.74, 6) is 0.701. The van der Waals surface area contributed by atoms with Gasteiger partial charge in [0.05, 0.1) is 14.2 Å². The van der Waals surface area contributed by atoms with Crippen LogP contribution in [0.5, 0.6) is 11.5 Å². The molecule has 0 saturated heterocycles. The number of carbonyl (C=O) groups is 1. The summed E-state index contributed by atoms with van der Waals surface area (Å²) in [6.07, 6.45) is 1.33. The van der Waals surface area contributed by atoms with Crippen LogP contribution < -0.4 is 15.2 Å². The van der Waals surface area contributed by atoms with E-state index in [-0.39, 0.29) is 11.5 Å². The molecule has 0 amide bonds. The van der Waals surface area contributed by atoms with Gasteiger partial charge in [-0.3, -0.25) is 4.79 Å². The fourth-order valence-corrected chi connectivity index (χ4v) is 1.59. The number of ketones is 1. The van der Waals surface area contributed by atoms with Gasteiger partial charge in [0.25, 0.3) is 0 Å². The van der Waals surface area contributed by atoms with Crippen LogP contribution in [0.1, 0.15) is 16.1 Å². The van der Waals surface area contributed by atoms with Crippen LogP contribution in [0.2, 0.25) is 0 Å². The lowest BCUT2D eigenvalue weighted by Crippen LogP contribution is -2.06. The summed E-state index contributed by atoms with van der Waals surface area (Å²) >= 11 is 0. The van der Waals surface area contributed by atoms with Crippen molar-refractivity contribution in [1.29, 1.82) is 0 Å². The summed E-state index contributed by atoms with van der Waals surface area (Å²) in [5, 5.41) is 0. The highest BCUT2D eigenvalue weighted by atomic mass is 16.5. The van der Waals surface area contributed by atoms with Crippen LogP contribution in [0.15, 0.2) is 29.2 Å². The van der Waals surface area contributed by atoms with E-state index in [4.69, 9.17) is 9.47 Å². The van der Waals surface area contributed by atoms with Crippen LogP contribution in [0, 0.1) is 0 Å². The zero-order valence-corrected chi connectivity index (χ0v) is 9.94. The molecule has 2 aromatic rings. The molecular formula is C12H12N2O4. The van der Waals surface area contributed by atoms with Gasteiger partial charge in [-0.2, -0.15) is 0 Å². The van der Waals surface area contributed by atoms with Crippen molar-refractivity contribution in [2.45, 2.75) is 0 Å². The first-order valence-corrected chi connectivity index (χ1v) is 5.20. The van der Waals surface area contributed by atoms with Crippen LogP contribution in [-0.2, 0) is 0 Å². The highest BCUT2D eigenvalue weighted by Gasteiger charge is 2.14. The lowest BCUT2D eigenvalue weighted by molar-refractivity contribution is 0.103. The van der Waals surface area contributed by atoms with Crippen LogP contribution in [-0.4, -0.2) is 30.0 Å². The van der Waals surface area contributed by atoms with Crippen molar-refractivity contribution in [3.63, 3.8) is 0 Å². The summed E-state index contributed by atoms with van der Waals surface area (Å²) < 4.78 is 10.2. The average molecular weight is 248 g/mol. The number of nitrogens with one attached hydrogen (secondary N) is 2. The van der Waals surface area contributed by atoms with E-state index in [0.717, 1.165) is 0 Å². The van der Waals surface area contributed by atoms with Crippen LogP contribution in [0.25, 0.3) is 0 Å². The zero-order chi connectivity index (χ0) is 13.1. The number of aromatic nitrogens is 2. The summed E-state index contributed by atoms with van der Waals surface area (Å²) in [6.45, 7) is 0. The average Bonchev–Trinajstić information content (AvgIpc) is 2.83. The van der Waals surface area contributed by atoms with E-state index < -0.39 is 5.69 Å². The van der Waals surface area contributed by atoms with Crippen molar-refractivity contribution in [2.24, 2.45) is 0 Å². The molecule has 2 N–H and O–H groups in total. The van der Waals surface area contributed by atoms with Crippen molar-refractivity contribution in [3.8, 4) is 11.5 Å². The number of imidazole rings is 1. The topological polar surface area (TPSA) is 84.2 Å². The van der Waals surface area contributed by atoms with Gasteiger partial charge >= 0.3 is 5.69 Å². The Morgan fingerprint density at radius 2 is 1.89 bits per heavy atom. The molecule has 94 valence electrons. The van der Waals surface area contributed by atoms with Gasteiger partial charge in [0, 0.05) is 11.8 Å². The molecule has 0 saturated carbocycles. The lowest BCUT2D eigenvalue weighted by atomic mass is 10.1. The van der Waals surface area contributed by atoms with E-state index in [1.807, 2.05) is 0 Å². The second-order valence-electron chi connectivity index (χ2n) is 3.56. The van der Waals surface area contributed by atoms with E-state index in [9.17, 15) is 9.59 Å². The first-order valence-electron chi connectivity index (χ1n) is 5.20. The molecule has 1 aromatic heterocycles. The molecule has 18 heavy (non-hydrogen) atoms. The number of H-pyrrole nitrogens is 2. The van der Waals surface area contributed by atoms with Gasteiger partial charge in [0.1, 0.15) is 5.69 Å². The highest BCUT2D eigenvalue weighted by Crippen LogP contribution is 2.28. The molecule has 2 rings (SSSR count).